The van der Waals surface area contributed by atoms with Crippen LogP contribution < -0.4 is 21.3 Å². The molecule has 6 heterocycles. The number of imide groups is 1. The van der Waals surface area contributed by atoms with Gasteiger partial charge in [-0.15, -0.1) is 0 Å². The number of urea groups is 1. The van der Waals surface area contributed by atoms with E-state index in [9.17, 15) is 19.2 Å². The molecular formula is C40H46N10O5. The van der Waals surface area contributed by atoms with Crippen LogP contribution in [-0.2, 0) is 22.4 Å². The van der Waals surface area contributed by atoms with Crippen molar-refractivity contribution in [2.75, 3.05) is 56.5 Å². The molecule has 5 aliphatic rings. The molecule has 2 aromatic heterocycles. The number of anilines is 3. The molecule has 5 amide bonds. The molecule has 4 aliphatic heterocycles. The molecule has 55 heavy (non-hydrogen) atoms. The second-order valence-corrected chi connectivity index (χ2v) is 15.7. The third-order valence-electron chi connectivity index (χ3n) is 12.4. The second kappa shape index (κ2) is 14.3. The van der Waals surface area contributed by atoms with Crippen LogP contribution in [0.25, 0.3) is 11.0 Å². The number of hydrogen-bond acceptors (Lipinski definition) is 11. The molecule has 0 radical (unpaired) electrons. The van der Waals surface area contributed by atoms with Crippen molar-refractivity contribution in [1.29, 1.82) is 0 Å². The van der Waals surface area contributed by atoms with Gasteiger partial charge in [-0.2, -0.15) is 0 Å². The van der Waals surface area contributed by atoms with Gasteiger partial charge in [0.1, 0.15) is 11.5 Å². The van der Waals surface area contributed by atoms with Gasteiger partial charge in [0, 0.05) is 62.3 Å². The van der Waals surface area contributed by atoms with E-state index in [1.807, 2.05) is 30.1 Å². The van der Waals surface area contributed by atoms with Crippen LogP contribution in [0.5, 0.6) is 0 Å². The van der Waals surface area contributed by atoms with E-state index in [0.29, 0.717) is 48.7 Å². The van der Waals surface area contributed by atoms with Crippen molar-refractivity contribution in [3.8, 4) is 0 Å². The van der Waals surface area contributed by atoms with Gasteiger partial charge in [0.15, 0.2) is 17.1 Å². The van der Waals surface area contributed by atoms with E-state index in [1.54, 1.807) is 11.1 Å². The Morgan fingerprint density at radius 1 is 0.945 bits per heavy atom. The topological polar surface area (TPSA) is 183 Å². The normalized spacial score (nSPS) is 23.8. The summed E-state index contributed by atoms with van der Waals surface area (Å²) in [5.41, 5.74) is 11.7. The predicted octanol–water partition coefficient (Wildman–Crippen LogP) is 3.66. The molecule has 15 heteroatoms. The van der Waals surface area contributed by atoms with E-state index < -0.39 is 11.8 Å². The van der Waals surface area contributed by atoms with Gasteiger partial charge < -0.3 is 30.3 Å². The fourth-order valence-corrected chi connectivity index (χ4v) is 9.36. The van der Waals surface area contributed by atoms with Gasteiger partial charge in [-0.05, 0) is 93.3 Å². The molecule has 286 valence electrons. The van der Waals surface area contributed by atoms with Crippen LogP contribution in [0.2, 0.25) is 0 Å². The summed E-state index contributed by atoms with van der Waals surface area (Å²) >= 11 is 0. The van der Waals surface area contributed by atoms with Crippen LogP contribution in [0.3, 0.4) is 0 Å². The lowest BCUT2D eigenvalue weighted by atomic mass is 9.88. The van der Waals surface area contributed by atoms with Gasteiger partial charge in [-0.3, -0.25) is 24.6 Å². The van der Waals surface area contributed by atoms with Crippen LogP contribution >= 0.6 is 0 Å². The molecule has 0 spiro atoms. The van der Waals surface area contributed by atoms with Crippen molar-refractivity contribution in [2.24, 2.45) is 5.73 Å². The highest BCUT2D eigenvalue weighted by Gasteiger charge is 2.37. The number of amides is 5. The molecule has 4 fully saturated rings. The predicted molar refractivity (Wildman–Crippen MR) is 204 cm³/mol. The van der Waals surface area contributed by atoms with Gasteiger partial charge in [-0.1, -0.05) is 23.4 Å². The van der Waals surface area contributed by atoms with Crippen molar-refractivity contribution in [3.63, 3.8) is 0 Å². The number of nitrogens with one attached hydrogen (secondary N) is 2. The zero-order chi connectivity index (χ0) is 37.8. The fourth-order valence-electron chi connectivity index (χ4n) is 9.36. The Hall–Kier alpha value is -5.57. The molecule has 0 saturated carbocycles. The first-order valence-electron chi connectivity index (χ1n) is 19.5. The Balaban J connectivity index is 0.825. The molecular weight excluding hydrogens is 701 g/mol. The molecule has 4 saturated heterocycles. The van der Waals surface area contributed by atoms with Gasteiger partial charge >= 0.3 is 6.03 Å². The highest BCUT2D eigenvalue weighted by atomic mass is 16.5. The Morgan fingerprint density at radius 2 is 1.76 bits per heavy atom. The average Bonchev–Trinajstić information content (AvgIpc) is 3.92. The number of fused-ring (bicyclic) bond motifs is 3. The Morgan fingerprint density at radius 3 is 2.51 bits per heavy atom. The maximum atomic E-state index is 12.7. The van der Waals surface area contributed by atoms with Crippen LogP contribution in [0, 0.1) is 0 Å². The highest BCUT2D eigenvalue weighted by molar-refractivity contribution is 6.02. The van der Waals surface area contributed by atoms with Crippen LogP contribution in [0.15, 0.2) is 47.1 Å². The van der Waals surface area contributed by atoms with Gasteiger partial charge in [0.05, 0.1) is 18.2 Å². The Labute approximate surface area is 318 Å². The number of rotatable bonds is 8. The number of aromatic nitrogens is 3. The number of carbonyl (C=O) groups excluding carboxylic acids is 4. The Bertz CT molecular complexity index is 2160. The maximum Gasteiger partial charge on any atom is 0.320 e. The molecule has 3 unspecified atom stereocenters. The molecule has 1 aliphatic carbocycles. The number of nitrogens with two attached hydrogens (primary N) is 1. The summed E-state index contributed by atoms with van der Waals surface area (Å²) < 4.78 is 5.87. The number of primary amides is 1. The Kier molecular flexibility index (Phi) is 9.11. The summed E-state index contributed by atoms with van der Waals surface area (Å²) in [6.45, 7) is 4.89. The number of benzene rings is 2. The van der Waals surface area contributed by atoms with Crippen molar-refractivity contribution in [1.82, 2.24) is 35.1 Å². The van der Waals surface area contributed by atoms with Crippen molar-refractivity contribution in [2.45, 2.75) is 75.3 Å². The van der Waals surface area contributed by atoms with E-state index in [0.717, 1.165) is 87.9 Å². The van der Waals surface area contributed by atoms with Gasteiger partial charge in [0.25, 0.3) is 5.91 Å². The van der Waals surface area contributed by atoms with Crippen molar-refractivity contribution < 1.29 is 23.7 Å². The molecule has 15 nitrogen and oxygen atoms in total. The third kappa shape index (κ3) is 6.64. The zero-order valence-electron chi connectivity index (χ0n) is 31.0. The lowest BCUT2D eigenvalue weighted by Gasteiger charge is -2.37. The summed E-state index contributed by atoms with van der Waals surface area (Å²) in [5, 5.41) is 10.9. The second-order valence-electron chi connectivity index (χ2n) is 15.7. The highest BCUT2D eigenvalue weighted by Crippen LogP contribution is 2.39. The average molecular weight is 747 g/mol. The fraction of sp³-hybridized carbons (Fsp3) is 0.475. The molecule has 0 bridgehead atoms. The maximum absolute atomic E-state index is 12.7. The number of carbonyl (C=O) groups is 4. The minimum Gasteiger partial charge on any atom is -0.364 e. The van der Waals surface area contributed by atoms with E-state index in [-0.39, 0.29) is 29.6 Å². The minimum absolute atomic E-state index is 0.0666. The number of likely N-dealkylation sites (N-methyl/N-ethyl adjacent to an activating group) is 1. The SMILES string of the molecule is CN1CCN(C2CCCN(c3cnc(C(N)=O)c(Nc4ccc(C5CCN(C6Cc7ccc8c(C9CCC(=O)NC9=O)noc8c7C6)CC5)cc4)n3)C2)C1=O. The van der Waals surface area contributed by atoms with Crippen molar-refractivity contribution >= 4 is 52.0 Å². The lowest BCUT2D eigenvalue weighted by molar-refractivity contribution is -0.134. The van der Waals surface area contributed by atoms with E-state index in [4.69, 9.17) is 15.2 Å². The molecule has 4 aromatic rings. The van der Waals surface area contributed by atoms with Gasteiger partial charge in [0.2, 0.25) is 11.8 Å². The van der Waals surface area contributed by atoms with Crippen molar-refractivity contribution in [3.05, 3.63) is 70.7 Å². The first-order chi connectivity index (χ1) is 26.7. The zero-order valence-corrected chi connectivity index (χ0v) is 31.0. The first-order valence-corrected chi connectivity index (χ1v) is 19.5. The number of likely N-dealkylation sites (tertiary alicyclic amines) is 1. The molecule has 4 N–H and O–H groups in total. The number of hydrogen-bond donors (Lipinski definition) is 3. The number of nitrogens with zero attached hydrogens (tertiary/aromatic N) is 7. The quantitative estimate of drug-likeness (QED) is 0.224. The van der Waals surface area contributed by atoms with E-state index in [2.05, 4.69) is 48.8 Å². The number of piperidine rings is 3. The standard InChI is InChI=1S/C40H46N10O5/c1-47-17-18-50(40(47)54)27-3-2-14-49(22-27)32-21-42-35(37(41)52)38(44-32)43-26-7-4-23(5-8-26)24-12-15-48(16-13-24)28-19-25-6-9-29-34(46-55-36(29)31(25)20-28)30-10-11-33(51)45-39(30)53/h4-9,21,24,27-28,30H,2-3,10-20,22H2,1H3,(H2,41,52)(H,43,44)(H,45,51,53). The molecule has 9 rings (SSSR count). The molecule has 2 aromatic carbocycles. The third-order valence-corrected chi connectivity index (χ3v) is 12.4. The summed E-state index contributed by atoms with van der Waals surface area (Å²) in [7, 11) is 1.84. The summed E-state index contributed by atoms with van der Waals surface area (Å²) in [5.74, 6) is -0.266. The van der Waals surface area contributed by atoms with Crippen LogP contribution in [-0.4, -0.2) is 112 Å². The van der Waals surface area contributed by atoms with E-state index in [1.165, 1.54) is 16.7 Å². The largest absolute Gasteiger partial charge is 0.364 e. The van der Waals surface area contributed by atoms with Gasteiger partial charge in [-0.25, -0.2) is 14.8 Å². The first kappa shape index (κ1) is 35.2. The monoisotopic (exact) mass is 746 g/mol. The lowest BCUT2D eigenvalue weighted by Crippen LogP contribution is -2.49. The van der Waals surface area contributed by atoms with E-state index >= 15 is 0 Å². The smallest absolute Gasteiger partial charge is 0.320 e. The van der Waals surface area contributed by atoms with Crippen LogP contribution in [0.1, 0.15) is 83.2 Å². The minimum atomic E-state index is -0.653. The summed E-state index contributed by atoms with van der Waals surface area (Å²) in [6.07, 6.45) is 8.15. The van der Waals surface area contributed by atoms with Crippen LogP contribution in [0.4, 0.5) is 22.1 Å². The summed E-state index contributed by atoms with van der Waals surface area (Å²) in [6, 6.07) is 13.1. The summed E-state index contributed by atoms with van der Waals surface area (Å²) in [4.78, 5) is 67.0. The molecule has 3 atom stereocenters.